The Balaban J connectivity index is 1.92. The Hall–Kier alpha value is -1.87. The van der Waals surface area contributed by atoms with E-state index < -0.39 is 10.0 Å². The molecule has 0 amide bonds. The zero-order valence-electron chi connectivity index (χ0n) is 10.5. The van der Waals surface area contributed by atoms with Crippen LogP contribution in [0.25, 0.3) is 0 Å². The van der Waals surface area contributed by atoms with Gasteiger partial charge in [-0.2, -0.15) is 5.10 Å². The predicted octanol–water partition coefficient (Wildman–Crippen LogP) is -0.433. The molecule has 2 heterocycles. The summed E-state index contributed by atoms with van der Waals surface area (Å²) in [6.45, 7) is 0.962. The van der Waals surface area contributed by atoms with Gasteiger partial charge in [0, 0.05) is 32.5 Å². The number of hydrogen-bond donors (Lipinski definition) is 2. The second-order valence-electron chi connectivity index (χ2n) is 4.07. The summed E-state index contributed by atoms with van der Waals surface area (Å²) in [5.41, 5.74) is 5.54. The third-order valence-corrected chi connectivity index (χ3v) is 4.17. The van der Waals surface area contributed by atoms with Crippen molar-refractivity contribution in [2.45, 2.75) is 18.0 Å². The monoisotopic (exact) mass is 284 g/mol. The molecule has 19 heavy (non-hydrogen) atoms. The highest BCUT2D eigenvalue weighted by Crippen LogP contribution is 2.14. The van der Waals surface area contributed by atoms with Crippen LogP contribution in [0, 0.1) is 0 Å². The largest absolute Gasteiger partial charge is 0.381 e. The van der Waals surface area contributed by atoms with Crippen LogP contribution in [0.1, 0.15) is 6.42 Å². The van der Waals surface area contributed by atoms with Crippen LogP contribution in [0.2, 0.25) is 0 Å². The van der Waals surface area contributed by atoms with E-state index in [1.54, 1.807) is 17.9 Å². The molecule has 0 aromatic carbocycles. The van der Waals surface area contributed by atoms with Gasteiger partial charge in [0.05, 0.1) is 6.33 Å². The van der Waals surface area contributed by atoms with Crippen molar-refractivity contribution in [2.24, 2.45) is 7.05 Å². The zero-order chi connectivity index (χ0) is 13.9. The summed E-state index contributed by atoms with van der Waals surface area (Å²) in [6, 6.07) is 1.82. The summed E-state index contributed by atoms with van der Waals surface area (Å²) >= 11 is 0. The van der Waals surface area contributed by atoms with Gasteiger partial charge in [-0.15, -0.1) is 0 Å². The fourth-order valence-corrected chi connectivity index (χ4v) is 3.02. The summed E-state index contributed by atoms with van der Waals surface area (Å²) in [4.78, 5) is 3.76. The predicted molar refractivity (Wildman–Crippen MR) is 69.7 cm³/mol. The van der Waals surface area contributed by atoms with E-state index in [0.717, 1.165) is 0 Å². The molecule has 0 spiro atoms. The molecule has 2 aromatic rings. The molecule has 0 atom stereocenters. The first kappa shape index (κ1) is 13.6. The summed E-state index contributed by atoms with van der Waals surface area (Å²) in [7, 11) is -2.04. The SMILES string of the molecule is Cn1cnc(N)c1S(=O)(=O)NCCCn1cccn1. The van der Waals surface area contributed by atoms with Crippen LogP contribution in [0.4, 0.5) is 5.82 Å². The van der Waals surface area contributed by atoms with E-state index in [2.05, 4.69) is 14.8 Å². The third kappa shape index (κ3) is 3.12. The molecule has 2 rings (SSSR count). The average molecular weight is 284 g/mol. The third-order valence-electron chi connectivity index (χ3n) is 2.58. The van der Waals surface area contributed by atoms with Crippen LogP contribution in [0.5, 0.6) is 0 Å². The maximum atomic E-state index is 12.0. The van der Waals surface area contributed by atoms with Crippen LogP contribution < -0.4 is 10.5 Å². The van der Waals surface area contributed by atoms with E-state index in [9.17, 15) is 8.42 Å². The summed E-state index contributed by atoms with van der Waals surface area (Å²) in [5.74, 6) is 0.00192. The number of rotatable bonds is 6. The molecule has 104 valence electrons. The number of imidazole rings is 1. The smallest absolute Gasteiger partial charge is 0.260 e. The topological polar surface area (TPSA) is 108 Å². The van der Waals surface area contributed by atoms with Crippen molar-refractivity contribution in [3.8, 4) is 0 Å². The fourth-order valence-electron chi connectivity index (χ4n) is 1.71. The molecule has 0 unspecified atom stereocenters. The van der Waals surface area contributed by atoms with Crippen molar-refractivity contribution in [1.29, 1.82) is 0 Å². The summed E-state index contributed by atoms with van der Waals surface area (Å²) in [6.07, 6.45) is 5.51. The minimum absolute atomic E-state index is 0.00192. The zero-order valence-corrected chi connectivity index (χ0v) is 11.3. The van der Waals surface area contributed by atoms with Gasteiger partial charge < -0.3 is 10.3 Å². The van der Waals surface area contributed by atoms with E-state index in [1.165, 1.54) is 10.9 Å². The highest BCUT2D eigenvalue weighted by molar-refractivity contribution is 7.89. The van der Waals surface area contributed by atoms with Crippen LogP contribution in [0.15, 0.2) is 29.8 Å². The number of hydrogen-bond acceptors (Lipinski definition) is 5. The standard InChI is InChI=1S/C10H16N6O2S/c1-15-8-12-9(11)10(15)19(17,18)14-5-3-7-16-6-2-4-13-16/h2,4,6,8,14H,3,5,7,11H2,1H3. The Labute approximate surface area is 111 Å². The molecule has 0 aliphatic heterocycles. The van der Waals surface area contributed by atoms with Crippen LogP contribution >= 0.6 is 0 Å². The Morgan fingerprint density at radius 1 is 1.47 bits per heavy atom. The average Bonchev–Trinajstić information content (AvgIpc) is 2.95. The van der Waals surface area contributed by atoms with E-state index in [1.807, 2.05) is 12.3 Å². The summed E-state index contributed by atoms with van der Waals surface area (Å²) in [5, 5.41) is 4.03. The Bertz CT molecular complexity index is 612. The number of nitrogens with one attached hydrogen (secondary N) is 1. The number of nitrogens with zero attached hydrogens (tertiary/aromatic N) is 4. The van der Waals surface area contributed by atoms with Crippen molar-refractivity contribution in [3.63, 3.8) is 0 Å². The molecule has 0 aliphatic rings. The Morgan fingerprint density at radius 2 is 2.26 bits per heavy atom. The van der Waals surface area contributed by atoms with Gasteiger partial charge in [-0.3, -0.25) is 4.68 Å². The van der Waals surface area contributed by atoms with Crippen LogP contribution in [-0.4, -0.2) is 34.3 Å². The molecule has 0 radical (unpaired) electrons. The van der Waals surface area contributed by atoms with Crippen molar-refractivity contribution in [1.82, 2.24) is 24.1 Å². The summed E-state index contributed by atoms with van der Waals surface area (Å²) < 4.78 is 29.7. The molecule has 0 saturated heterocycles. The first-order valence-corrected chi connectivity index (χ1v) is 7.23. The van der Waals surface area contributed by atoms with Crippen molar-refractivity contribution in [3.05, 3.63) is 24.8 Å². The first-order valence-electron chi connectivity index (χ1n) is 5.74. The lowest BCUT2D eigenvalue weighted by Crippen LogP contribution is -2.28. The lowest BCUT2D eigenvalue weighted by molar-refractivity contribution is 0.548. The normalized spacial score (nSPS) is 11.8. The molecule has 2 aromatic heterocycles. The lowest BCUT2D eigenvalue weighted by Gasteiger charge is -2.07. The lowest BCUT2D eigenvalue weighted by atomic mass is 10.4. The molecule has 0 aliphatic carbocycles. The Morgan fingerprint density at radius 3 is 2.84 bits per heavy atom. The second kappa shape index (κ2) is 5.41. The molecular weight excluding hydrogens is 268 g/mol. The van der Waals surface area contributed by atoms with E-state index in [0.29, 0.717) is 19.5 Å². The minimum atomic E-state index is -3.62. The van der Waals surface area contributed by atoms with Gasteiger partial charge in [0.15, 0.2) is 10.8 Å². The maximum Gasteiger partial charge on any atom is 0.260 e. The second-order valence-corrected chi connectivity index (χ2v) is 5.75. The van der Waals surface area contributed by atoms with Gasteiger partial charge >= 0.3 is 0 Å². The number of anilines is 1. The number of aryl methyl sites for hydroxylation is 2. The van der Waals surface area contributed by atoms with Crippen LogP contribution in [-0.2, 0) is 23.6 Å². The molecule has 3 N–H and O–H groups in total. The minimum Gasteiger partial charge on any atom is -0.381 e. The van der Waals surface area contributed by atoms with E-state index in [-0.39, 0.29) is 10.8 Å². The van der Waals surface area contributed by atoms with E-state index >= 15 is 0 Å². The van der Waals surface area contributed by atoms with Crippen molar-refractivity contribution in [2.75, 3.05) is 12.3 Å². The van der Waals surface area contributed by atoms with Gasteiger partial charge in [0.1, 0.15) is 0 Å². The molecule has 0 saturated carbocycles. The van der Waals surface area contributed by atoms with Gasteiger partial charge in [0.2, 0.25) is 0 Å². The van der Waals surface area contributed by atoms with Crippen molar-refractivity contribution >= 4 is 15.8 Å². The molecule has 9 heteroatoms. The van der Waals surface area contributed by atoms with Gasteiger partial charge in [-0.05, 0) is 12.5 Å². The fraction of sp³-hybridized carbons (Fsp3) is 0.400. The molecule has 8 nitrogen and oxygen atoms in total. The van der Waals surface area contributed by atoms with E-state index in [4.69, 9.17) is 5.73 Å². The van der Waals surface area contributed by atoms with Crippen LogP contribution in [0.3, 0.4) is 0 Å². The number of nitrogens with two attached hydrogens (primary N) is 1. The maximum absolute atomic E-state index is 12.0. The molecular formula is C10H16N6O2S. The first-order chi connectivity index (χ1) is 9.00. The highest BCUT2D eigenvalue weighted by atomic mass is 32.2. The molecule has 0 fully saturated rings. The number of aromatic nitrogens is 4. The van der Waals surface area contributed by atoms with Gasteiger partial charge in [-0.1, -0.05) is 0 Å². The number of sulfonamides is 1. The number of nitrogen functional groups attached to an aromatic ring is 1. The van der Waals surface area contributed by atoms with Crippen molar-refractivity contribution < 1.29 is 8.42 Å². The van der Waals surface area contributed by atoms with Gasteiger partial charge in [0.25, 0.3) is 10.0 Å². The van der Waals surface area contributed by atoms with Gasteiger partial charge in [-0.25, -0.2) is 18.1 Å². The molecule has 0 bridgehead atoms. The quantitative estimate of drug-likeness (QED) is 0.700. The highest BCUT2D eigenvalue weighted by Gasteiger charge is 2.21. The Kier molecular flexibility index (Phi) is 3.86.